The van der Waals surface area contributed by atoms with Gasteiger partial charge in [0.2, 0.25) is 0 Å². The third-order valence-corrected chi connectivity index (χ3v) is 5.46. The number of nitrogens with one attached hydrogen (secondary N) is 1. The minimum Gasteiger partial charge on any atom is -0.335 e. The fraction of sp³-hybridized carbons (Fsp3) is 0.0455. The van der Waals surface area contributed by atoms with Crippen molar-refractivity contribution in [2.24, 2.45) is 0 Å². The molecule has 148 valence electrons. The Morgan fingerprint density at radius 3 is 2.60 bits per heavy atom. The highest BCUT2D eigenvalue weighted by Gasteiger charge is 2.38. The second kappa shape index (κ2) is 7.71. The predicted octanol–water partition coefficient (Wildman–Crippen LogP) is 4.25. The number of amides is 4. The molecule has 2 heterocycles. The molecule has 4 rings (SSSR count). The number of barbiturate groups is 1. The molecule has 30 heavy (non-hydrogen) atoms. The summed E-state index contributed by atoms with van der Waals surface area (Å²) >= 11 is 12.2. The molecule has 1 aliphatic heterocycles. The first-order chi connectivity index (χ1) is 14.4. The van der Waals surface area contributed by atoms with E-state index in [4.69, 9.17) is 29.6 Å². The molecule has 1 aliphatic rings. The lowest BCUT2D eigenvalue weighted by molar-refractivity contribution is -0.122. The number of para-hydroxylation sites is 1. The molecule has 1 saturated heterocycles. The van der Waals surface area contributed by atoms with Crippen LogP contribution in [0, 0.1) is 12.3 Å². The van der Waals surface area contributed by atoms with E-state index in [-0.39, 0.29) is 21.3 Å². The zero-order chi connectivity index (χ0) is 21.4. The Morgan fingerprint density at radius 1 is 1.07 bits per heavy atom. The summed E-state index contributed by atoms with van der Waals surface area (Å²) in [4.78, 5) is 38.8. The van der Waals surface area contributed by atoms with Gasteiger partial charge in [-0.1, -0.05) is 53.4 Å². The molecule has 0 bridgehead atoms. The van der Waals surface area contributed by atoms with Gasteiger partial charge in [-0.15, -0.1) is 6.42 Å². The third-order valence-electron chi connectivity index (χ3n) is 4.65. The molecule has 2 aromatic carbocycles. The van der Waals surface area contributed by atoms with Crippen LogP contribution in [0.4, 0.5) is 10.5 Å². The van der Waals surface area contributed by atoms with Crippen LogP contribution in [0.5, 0.6) is 0 Å². The minimum absolute atomic E-state index is 0.0296. The van der Waals surface area contributed by atoms with Gasteiger partial charge in [0.25, 0.3) is 11.8 Å². The van der Waals surface area contributed by atoms with E-state index in [2.05, 4.69) is 11.2 Å². The van der Waals surface area contributed by atoms with Crippen molar-refractivity contribution in [2.45, 2.75) is 6.54 Å². The molecule has 0 saturated carbocycles. The summed E-state index contributed by atoms with van der Waals surface area (Å²) in [5.74, 6) is 0.971. The fourth-order valence-electron chi connectivity index (χ4n) is 3.32. The maximum Gasteiger partial charge on any atom is 0.336 e. The van der Waals surface area contributed by atoms with Gasteiger partial charge < -0.3 is 4.57 Å². The first-order valence-electron chi connectivity index (χ1n) is 8.79. The molecule has 0 spiro atoms. The van der Waals surface area contributed by atoms with Gasteiger partial charge in [-0.3, -0.25) is 14.9 Å². The average molecular weight is 438 g/mol. The Kier molecular flexibility index (Phi) is 5.08. The summed E-state index contributed by atoms with van der Waals surface area (Å²) in [6.07, 6.45) is 8.63. The molecule has 1 aromatic heterocycles. The monoisotopic (exact) mass is 437 g/mol. The van der Waals surface area contributed by atoms with Crippen molar-refractivity contribution in [1.29, 1.82) is 0 Å². The summed E-state index contributed by atoms with van der Waals surface area (Å²) in [7, 11) is 0. The maximum atomic E-state index is 13.1. The van der Waals surface area contributed by atoms with Crippen molar-refractivity contribution in [3.8, 4) is 12.3 Å². The normalized spacial score (nSPS) is 15.6. The molecule has 0 atom stereocenters. The fourth-order valence-corrected chi connectivity index (χ4v) is 3.70. The van der Waals surface area contributed by atoms with E-state index in [0.29, 0.717) is 12.1 Å². The molecule has 0 radical (unpaired) electrons. The van der Waals surface area contributed by atoms with Gasteiger partial charge in [0.15, 0.2) is 0 Å². The minimum atomic E-state index is -0.902. The first-order valence-corrected chi connectivity index (χ1v) is 9.54. The van der Waals surface area contributed by atoms with E-state index in [9.17, 15) is 14.4 Å². The van der Waals surface area contributed by atoms with E-state index in [1.165, 1.54) is 18.2 Å². The number of carbonyl (C=O) groups is 3. The molecular formula is C22H13Cl2N3O3. The molecule has 6 nitrogen and oxygen atoms in total. The van der Waals surface area contributed by atoms with E-state index in [0.717, 1.165) is 15.8 Å². The summed E-state index contributed by atoms with van der Waals surface area (Å²) in [5, 5.41) is 3.19. The molecule has 1 N–H and O–H groups in total. The number of imide groups is 2. The molecule has 3 aromatic rings. The zero-order valence-corrected chi connectivity index (χ0v) is 16.9. The number of aromatic nitrogens is 1. The number of nitrogens with zero attached hydrogens (tertiary/aromatic N) is 2. The molecule has 0 aliphatic carbocycles. The zero-order valence-electron chi connectivity index (χ0n) is 15.4. The molecule has 8 heteroatoms. The third kappa shape index (κ3) is 3.24. The van der Waals surface area contributed by atoms with Gasteiger partial charge in [-0.25, -0.2) is 9.69 Å². The Bertz CT molecular complexity index is 1300. The van der Waals surface area contributed by atoms with Gasteiger partial charge in [0.05, 0.1) is 22.3 Å². The van der Waals surface area contributed by atoms with Crippen LogP contribution in [0.2, 0.25) is 10.0 Å². The van der Waals surface area contributed by atoms with Crippen LogP contribution in [0.25, 0.3) is 17.0 Å². The number of rotatable bonds is 3. The van der Waals surface area contributed by atoms with Crippen molar-refractivity contribution >= 4 is 63.7 Å². The van der Waals surface area contributed by atoms with E-state index < -0.39 is 17.8 Å². The van der Waals surface area contributed by atoms with Gasteiger partial charge in [-0.05, 0) is 24.3 Å². The lowest BCUT2D eigenvalue weighted by Crippen LogP contribution is -2.54. The van der Waals surface area contributed by atoms with Gasteiger partial charge >= 0.3 is 6.03 Å². The van der Waals surface area contributed by atoms with E-state index >= 15 is 0 Å². The van der Waals surface area contributed by atoms with E-state index in [1.54, 1.807) is 12.3 Å². The number of anilines is 1. The van der Waals surface area contributed by atoms with Crippen molar-refractivity contribution in [1.82, 2.24) is 9.88 Å². The quantitative estimate of drug-likeness (QED) is 0.378. The standard InChI is InChI=1S/C22H13Cl2N3O3/c1-2-10-26-12-13(14-6-3-4-8-17(14)26)11-15-20(28)25-22(30)27(21(15)29)18-9-5-7-16(23)19(18)24/h1,3-9,11-12H,10H2,(H,25,28,30). The van der Waals surface area contributed by atoms with Crippen LogP contribution >= 0.6 is 23.2 Å². The first kappa shape index (κ1) is 19.8. The molecular weight excluding hydrogens is 425 g/mol. The SMILES string of the molecule is C#CCn1cc(C=C2C(=O)NC(=O)N(c3cccc(Cl)c3Cl)C2=O)c2ccccc21. The second-order valence-electron chi connectivity index (χ2n) is 6.46. The van der Waals surface area contributed by atoms with Crippen LogP contribution in [0.1, 0.15) is 5.56 Å². The average Bonchev–Trinajstić information content (AvgIpc) is 3.06. The summed E-state index contributed by atoms with van der Waals surface area (Å²) in [6, 6.07) is 11.1. The Balaban J connectivity index is 1.84. The van der Waals surface area contributed by atoms with Crippen LogP contribution in [-0.2, 0) is 16.1 Å². The Labute approximate surface area is 181 Å². The van der Waals surface area contributed by atoms with Crippen molar-refractivity contribution < 1.29 is 14.4 Å². The number of carbonyl (C=O) groups excluding carboxylic acids is 3. The number of terminal acetylenes is 1. The summed E-state index contributed by atoms with van der Waals surface area (Å²) in [5.41, 5.74) is 1.34. The smallest absolute Gasteiger partial charge is 0.335 e. The number of halogens is 2. The highest BCUT2D eigenvalue weighted by atomic mass is 35.5. The van der Waals surface area contributed by atoms with Crippen molar-refractivity contribution in [2.75, 3.05) is 4.90 Å². The number of fused-ring (bicyclic) bond motifs is 1. The Hall–Kier alpha value is -3.53. The van der Waals surface area contributed by atoms with Gasteiger partial charge in [0.1, 0.15) is 5.57 Å². The van der Waals surface area contributed by atoms with Crippen molar-refractivity contribution in [3.05, 3.63) is 69.8 Å². The summed E-state index contributed by atoms with van der Waals surface area (Å²) < 4.78 is 1.84. The van der Waals surface area contributed by atoms with E-state index in [1.807, 2.05) is 28.8 Å². The van der Waals surface area contributed by atoms with Crippen LogP contribution < -0.4 is 10.2 Å². The highest BCUT2D eigenvalue weighted by Crippen LogP contribution is 2.34. The number of benzene rings is 2. The number of hydrogen-bond donors (Lipinski definition) is 1. The lowest BCUT2D eigenvalue weighted by atomic mass is 10.1. The Morgan fingerprint density at radius 2 is 1.83 bits per heavy atom. The highest BCUT2D eigenvalue weighted by molar-refractivity contribution is 6.46. The lowest BCUT2D eigenvalue weighted by Gasteiger charge is -2.27. The maximum absolute atomic E-state index is 13.1. The van der Waals surface area contributed by atoms with Crippen LogP contribution in [-0.4, -0.2) is 22.4 Å². The predicted molar refractivity (Wildman–Crippen MR) is 116 cm³/mol. The second-order valence-corrected chi connectivity index (χ2v) is 7.25. The molecule has 0 unspecified atom stereocenters. The molecule has 4 amide bonds. The van der Waals surface area contributed by atoms with Crippen molar-refractivity contribution in [3.63, 3.8) is 0 Å². The van der Waals surface area contributed by atoms with Crippen LogP contribution in [0.3, 0.4) is 0 Å². The number of hydrogen-bond acceptors (Lipinski definition) is 3. The molecule has 1 fully saturated rings. The topological polar surface area (TPSA) is 71.4 Å². The largest absolute Gasteiger partial charge is 0.336 e. The van der Waals surface area contributed by atoms with Crippen LogP contribution in [0.15, 0.2) is 54.2 Å². The van der Waals surface area contributed by atoms with Gasteiger partial charge in [0, 0.05) is 22.7 Å². The number of urea groups is 1. The summed E-state index contributed by atoms with van der Waals surface area (Å²) in [6.45, 7) is 0.326. The van der Waals surface area contributed by atoms with Gasteiger partial charge in [-0.2, -0.15) is 0 Å².